The standard InChI is InChI=1S/C25H23N5O11S3.3Na/c1-13-8-19(28-30-24-23(44(38,39)40)10-14-9-15(26-2)4-6-17(14)25(24)31)21(41-3)12-18(13)27-29-20-11-16(42(32,33)34)5-7-22(20)43(35,36)37;;;/h4-12,26,31H,1-3H3,(H,32,33,34)(H,35,36,37)(H,38,39,40);;;/q;3*+1/p-3. The molecule has 0 saturated carbocycles. The molecule has 2 N–H and O–H groups in total. The Kier molecular flexibility index (Phi) is 15.7. The fourth-order valence-corrected chi connectivity index (χ4v) is 5.69. The van der Waals surface area contributed by atoms with E-state index in [1.807, 2.05) is 0 Å². The third kappa shape index (κ3) is 10.2. The van der Waals surface area contributed by atoms with E-state index in [1.54, 1.807) is 13.1 Å². The molecular formula is C25H20N5Na3O11S3. The van der Waals surface area contributed by atoms with Gasteiger partial charge in [-0.3, -0.25) is 4.55 Å². The minimum Gasteiger partial charge on any atom is -0.871 e. The van der Waals surface area contributed by atoms with Crippen molar-refractivity contribution < 1.29 is 137 Å². The van der Waals surface area contributed by atoms with Crippen molar-refractivity contribution in [3.8, 4) is 11.5 Å². The smallest absolute Gasteiger partial charge is 0.871 e. The summed E-state index contributed by atoms with van der Waals surface area (Å²) in [5.41, 5.74) is -0.521. The van der Waals surface area contributed by atoms with Crippen LogP contribution in [0.5, 0.6) is 11.5 Å². The Labute approximate surface area is 336 Å². The van der Waals surface area contributed by atoms with Crippen molar-refractivity contribution >= 4 is 69.6 Å². The number of ether oxygens (including phenoxy) is 1. The second kappa shape index (κ2) is 16.9. The average molecular weight is 732 g/mol. The molecule has 0 atom stereocenters. The van der Waals surface area contributed by atoms with E-state index in [4.69, 9.17) is 4.74 Å². The molecule has 22 heteroatoms. The van der Waals surface area contributed by atoms with Crippen molar-refractivity contribution in [3.63, 3.8) is 0 Å². The summed E-state index contributed by atoms with van der Waals surface area (Å²) in [5, 5.41) is 31.6. The Balaban J connectivity index is 0.00000368. The SMILES string of the molecule is CNc1ccc2c([O-])c(N=Nc3cc(C)c(N=Nc4cc(S(=O)(=O)[O-])ccc4S(=O)(=O)[O-])cc3OC)c(S(=O)(=O)O)cc2c1.[Na+].[Na+].[Na+]. The zero-order chi connectivity index (χ0) is 32.6. The van der Waals surface area contributed by atoms with Crippen molar-refractivity contribution in [1.82, 2.24) is 0 Å². The van der Waals surface area contributed by atoms with Crippen molar-refractivity contribution in [1.29, 1.82) is 0 Å². The zero-order valence-corrected chi connectivity index (χ0v) is 34.2. The summed E-state index contributed by atoms with van der Waals surface area (Å²) >= 11 is 0. The van der Waals surface area contributed by atoms with E-state index in [2.05, 4.69) is 25.8 Å². The number of hydrogen-bond donors (Lipinski definition) is 2. The van der Waals surface area contributed by atoms with Gasteiger partial charge in [-0.15, -0.1) is 15.3 Å². The fourth-order valence-electron chi connectivity index (χ4n) is 3.95. The molecule has 0 spiro atoms. The Morgan fingerprint density at radius 1 is 0.745 bits per heavy atom. The number of azo groups is 2. The third-order valence-corrected chi connectivity index (χ3v) is 8.69. The first-order valence-electron chi connectivity index (χ1n) is 11.9. The number of rotatable bonds is 9. The number of benzene rings is 4. The van der Waals surface area contributed by atoms with Gasteiger partial charge in [-0.05, 0) is 65.7 Å². The van der Waals surface area contributed by atoms with Crippen LogP contribution in [-0.4, -0.2) is 53.1 Å². The molecular weight excluding hydrogens is 711 g/mol. The van der Waals surface area contributed by atoms with Crippen LogP contribution in [0.25, 0.3) is 10.8 Å². The number of hydrogen-bond acceptors (Lipinski definition) is 15. The summed E-state index contributed by atoms with van der Waals surface area (Å²) in [6, 6.07) is 10.1. The quantitative estimate of drug-likeness (QED) is 0.0933. The minimum atomic E-state index is -5.14. The summed E-state index contributed by atoms with van der Waals surface area (Å²) in [6.07, 6.45) is 0. The van der Waals surface area contributed by atoms with Crippen molar-refractivity contribution in [3.05, 3.63) is 60.2 Å². The molecule has 4 aromatic rings. The van der Waals surface area contributed by atoms with Gasteiger partial charge in [0.25, 0.3) is 10.1 Å². The van der Waals surface area contributed by atoms with Crippen LogP contribution in [-0.2, 0) is 30.4 Å². The molecule has 47 heavy (non-hydrogen) atoms. The van der Waals surface area contributed by atoms with Crippen LogP contribution in [0.15, 0.2) is 89.7 Å². The first-order valence-corrected chi connectivity index (χ1v) is 16.2. The molecule has 0 aliphatic heterocycles. The van der Waals surface area contributed by atoms with E-state index >= 15 is 0 Å². The minimum absolute atomic E-state index is 0. The van der Waals surface area contributed by atoms with Gasteiger partial charge >= 0.3 is 88.7 Å². The van der Waals surface area contributed by atoms with E-state index in [0.29, 0.717) is 23.9 Å². The maximum atomic E-state index is 13.2. The molecule has 0 aromatic heterocycles. The Morgan fingerprint density at radius 2 is 1.36 bits per heavy atom. The normalized spacial score (nSPS) is 12.0. The monoisotopic (exact) mass is 731 g/mol. The van der Waals surface area contributed by atoms with E-state index in [-0.39, 0.29) is 122 Å². The van der Waals surface area contributed by atoms with E-state index in [9.17, 15) is 44.0 Å². The summed E-state index contributed by atoms with van der Waals surface area (Å²) in [5.74, 6) is -0.866. The Morgan fingerprint density at radius 3 is 1.91 bits per heavy atom. The van der Waals surface area contributed by atoms with Gasteiger partial charge in [-0.1, -0.05) is 11.8 Å². The molecule has 0 fully saturated rings. The molecule has 4 aromatic carbocycles. The molecule has 0 heterocycles. The van der Waals surface area contributed by atoms with Crippen LogP contribution < -0.4 is 104 Å². The van der Waals surface area contributed by atoms with E-state index in [1.165, 1.54) is 38.3 Å². The first-order chi connectivity index (χ1) is 20.4. The largest absolute Gasteiger partial charge is 1.00 e. The topological polar surface area (TPSA) is 263 Å². The molecule has 16 nitrogen and oxygen atoms in total. The maximum Gasteiger partial charge on any atom is 1.00 e. The number of nitrogens with zero attached hydrogens (tertiary/aromatic N) is 4. The van der Waals surface area contributed by atoms with Crippen LogP contribution in [0.2, 0.25) is 0 Å². The van der Waals surface area contributed by atoms with Crippen LogP contribution in [0, 0.1) is 6.92 Å². The van der Waals surface area contributed by atoms with Gasteiger partial charge in [0.15, 0.2) is 0 Å². The van der Waals surface area contributed by atoms with Crippen molar-refractivity contribution in [2.24, 2.45) is 20.5 Å². The molecule has 0 saturated heterocycles. The average Bonchev–Trinajstić information content (AvgIpc) is 2.94. The third-order valence-electron chi connectivity index (χ3n) is 6.11. The summed E-state index contributed by atoms with van der Waals surface area (Å²) in [7, 11) is -12.2. The van der Waals surface area contributed by atoms with Crippen LogP contribution >= 0.6 is 0 Å². The van der Waals surface area contributed by atoms with Gasteiger partial charge in [0.2, 0.25) is 0 Å². The zero-order valence-electron chi connectivity index (χ0n) is 25.7. The number of fused-ring (bicyclic) bond motifs is 1. The summed E-state index contributed by atoms with van der Waals surface area (Å²) < 4.78 is 108. The van der Waals surface area contributed by atoms with Crippen molar-refractivity contribution in [2.75, 3.05) is 19.5 Å². The molecule has 4 rings (SSSR count). The number of aryl methyl sites for hydroxylation is 1. The molecule has 0 aliphatic carbocycles. The van der Waals surface area contributed by atoms with Gasteiger partial charge in [-0.25, -0.2) is 16.8 Å². The molecule has 0 amide bonds. The van der Waals surface area contributed by atoms with Gasteiger partial charge in [-0.2, -0.15) is 13.5 Å². The van der Waals surface area contributed by atoms with Gasteiger partial charge < -0.3 is 24.3 Å². The second-order valence-electron chi connectivity index (χ2n) is 8.96. The maximum absolute atomic E-state index is 13.2. The fraction of sp³-hybridized carbons (Fsp3) is 0.120. The number of nitrogens with one attached hydrogen (secondary N) is 1. The summed E-state index contributed by atoms with van der Waals surface area (Å²) in [6.45, 7) is 1.49. The molecule has 232 valence electrons. The second-order valence-corrected chi connectivity index (χ2v) is 13.1. The predicted molar refractivity (Wildman–Crippen MR) is 151 cm³/mol. The van der Waals surface area contributed by atoms with Gasteiger partial charge in [0, 0.05) is 18.8 Å². The van der Waals surface area contributed by atoms with E-state index < -0.39 is 62.2 Å². The Hall–Kier alpha value is -1.53. The molecule has 0 bridgehead atoms. The number of methoxy groups -OCH3 is 1. The molecule has 0 radical (unpaired) electrons. The summed E-state index contributed by atoms with van der Waals surface area (Å²) in [4.78, 5) is -2.55. The Bertz CT molecular complexity index is 2220. The first kappa shape index (κ1) is 43.5. The van der Waals surface area contributed by atoms with Crippen molar-refractivity contribution in [2.45, 2.75) is 21.6 Å². The van der Waals surface area contributed by atoms with Crippen LogP contribution in [0.1, 0.15) is 5.56 Å². The van der Waals surface area contributed by atoms with Gasteiger partial charge in [0.05, 0.1) is 28.3 Å². The molecule has 0 unspecified atom stereocenters. The van der Waals surface area contributed by atoms with Gasteiger partial charge in [0.1, 0.15) is 42.3 Å². The number of anilines is 1. The van der Waals surface area contributed by atoms with Crippen LogP contribution in [0.4, 0.5) is 28.4 Å². The van der Waals surface area contributed by atoms with E-state index in [0.717, 1.165) is 6.07 Å². The molecule has 0 aliphatic rings. The predicted octanol–water partition coefficient (Wildman–Crippen LogP) is -4.83. The van der Waals surface area contributed by atoms with Crippen LogP contribution in [0.3, 0.4) is 0 Å².